The van der Waals surface area contributed by atoms with Crippen molar-refractivity contribution in [1.29, 1.82) is 0 Å². The Balaban J connectivity index is 3.24. The van der Waals surface area contributed by atoms with Gasteiger partial charge in [0.05, 0.1) is 10.5 Å². The summed E-state index contributed by atoms with van der Waals surface area (Å²) >= 11 is 0. The highest BCUT2D eigenvalue weighted by Crippen LogP contribution is 2.20. The van der Waals surface area contributed by atoms with Gasteiger partial charge in [-0.05, 0) is 30.5 Å². The Kier molecular flexibility index (Phi) is 6.32. The molecule has 0 aromatic heterocycles. The molecular weight excluding hydrogens is 294 g/mol. The van der Waals surface area contributed by atoms with E-state index in [9.17, 15) is 18.3 Å². The Labute approximate surface area is 125 Å². The van der Waals surface area contributed by atoms with Crippen molar-refractivity contribution >= 4 is 16.0 Å². The van der Waals surface area contributed by atoms with Crippen LogP contribution in [0.15, 0.2) is 23.1 Å². The van der Waals surface area contributed by atoms with Crippen LogP contribution in [-0.4, -0.2) is 48.6 Å². The number of nitrogens with zero attached hydrogens (tertiary/aromatic N) is 1. The lowest BCUT2D eigenvalue weighted by Gasteiger charge is -2.20. The van der Waals surface area contributed by atoms with Crippen molar-refractivity contribution in [2.45, 2.75) is 31.6 Å². The van der Waals surface area contributed by atoms with Crippen LogP contribution in [0.25, 0.3) is 0 Å². The van der Waals surface area contributed by atoms with Crippen molar-refractivity contribution < 1.29 is 23.4 Å². The summed E-state index contributed by atoms with van der Waals surface area (Å²) in [6, 6.07) is 4.18. The Morgan fingerprint density at radius 1 is 1.29 bits per heavy atom. The average Bonchev–Trinajstić information content (AvgIpc) is 2.46. The maximum Gasteiger partial charge on any atom is 0.336 e. The van der Waals surface area contributed by atoms with Crippen molar-refractivity contribution in [3.8, 4) is 0 Å². The molecule has 0 heterocycles. The zero-order valence-electron chi connectivity index (χ0n) is 12.2. The number of aliphatic hydroxyl groups excluding tert-OH is 1. The Morgan fingerprint density at radius 2 is 1.95 bits per heavy atom. The molecule has 0 aliphatic rings. The van der Waals surface area contributed by atoms with Gasteiger partial charge in [-0.3, -0.25) is 0 Å². The molecule has 0 saturated carbocycles. The van der Waals surface area contributed by atoms with Crippen LogP contribution in [0.1, 0.15) is 36.2 Å². The van der Waals surface area contributed by atoms with E-state index in [1.54, 1.807) is 6.92 Å². The van der Waals surface area contributed by atoms with Crippen LogP contribution in [0.5, 0.6) is 0 Å². The summed E-state index contributed by atoms with van der Waals surface area (Å²) in [5.41, 5.74) is 0.608. The van der Waals surface area contributed by atoms with E-state index in [2.05, 4.69) is 0 Å². The minimum absolute atomic E-state index is 0.0109. The van der Waals surface area contributed by atoms with Gasteiger partial charge in [0.25, 0.3) is 0 Å². The SMILES string of the molecule is CCc1ccc(S(=O)(=O)N(CC)CCCO)cc1C(=O)O. The van der Waals surface area contributed by atoms with Gasteiger partial charge in [-0.25, -0.2) is 13.2 Å². The van der Waals surface area contributed by atoms with Crippen molar-refractivity contribution in [1.82, 2.24) is 4.31 Å². The van der Waals surface area contributed by atoms with Gasteiger partial charge in [-0.1, -0.05) is 19.9 Å². The fourth-order valence-electron chi connectivity index (χ4n) is 2.07. The number of carboxylic acids is 1. The van der Waals surface area contributed by atoms with E-state index >= 15 is 0 Å². The van der Waals surface area contributed by atoms with Crippen LogP contribution in [0, 0.1) is 0 Å². The van der Waals surface area contributed by atoms with Crippen LogP contribution < -0.4 is 0 Å². The van der Waals surface area contributed by atoms with E-state index in [4.69, 9.17) is 5.11 Å². The number of sulfonamides is 1. The molecule has 118 valence electrons. The van der Waals surface area contributed by atoms with Gasteiger partial charge in [-0.2, -0.15) is 4.31 Å². The molecule has 0 radical (unpaired) electrons. The number of hydrogen-bond donors (Lipinski definition) is 2. The van der Waals surface area contributed by atoms with Crippen molar-refractivity contribution in [2.75, 3.05) is 19.7 Å². The van der Waals surface area contributed by atoms with Crippen LogP contribution in [-0.2, 0) is 16.4 Å². The molecule has 1 aromatic carbocycles. The maximum absolute atomic E-state index is 12.5. The molecule has 0 atom stereocenters. The molecule has 0 saturated heterocycles. The van der Waals surface area contributed by atoms with Crippen LogP contribution in [0.4, 0.5) is 0 Å². The zero-order chi connectivity index (χ0) is 16.0. The molecule has 0 aliphatic carbocycles. The van der Waals surface area contributed by atoms with Gasteiger partial charge in [0.15, 0.2) is 0 Å². The summed E-state index contributed by atoms with van der Waals surface area (Å²) in [7, 11) is -3.75. The first kappa shape index (κ1) is 17.6. The van der Waals surface area contributed by atoms with E-state index in [-0.39, 0.29) is 30.2 Å². The summed E-state index contributed by atoms with van der Waals surface area (Å²) in [4.78, 5) is 11.2. The lowest BCUT2D eigenvalue weighted by Crippen LogP contribution is -2.32. The third-order valence-corrected chi connectivity index (χ3v) is 5.22. The normalized spacial score (nSPS) is 11.8. The van der Waals surface area contributed by atoms with Gasteiger partial charge >= 0.3 is 5.97 Å². The third kappa shape index (κ3) is 4.03. The Morgan fingerprint density at radius 3 is 2.43 bits per heavy atom. The molecule has 0 spiro atoms. The number of hydrogen-bond acceptors (Lipinski definition) is 4. The van der Waals surface area contributed by atoms with E-state index in [1.165, 1.54) is 22.5 Å². The highest BCUT2D eigenvalue weighted by atomic mass is 32.2. The molecule has 0 bridgehead atoms. The molecule has 1 aromatic rings. The van der Waals surface area contributed by atoms with E-state index < -0.39 is 16.0 Å². The minimum Gasteiger partial charge on any atom is -0.478 e. The summed E-state index contributed by atoms with van der Waals surface area (Å²) in [6.07, 6.45) is 0.857. The van der Waals surface area contributed by atoms with Crippen molar-refractivity contribution in [3.05, 3.63) is 29.3 Å². The molecule has 21 heavy (non-hydrogen) atoms. The zero-order valence-corrected chi connectivity index (χ0v) is 13.1. The number of aromatic carboxylic acids is 1. The fourth-order valence-corrected chi connectivity index (χ4v) is 3.58. The number of benzene rings is 1. The molecule has 0 amide bonds. The molecule has 7 heteroatoms. The molecule has 0 unspecified atom stereocenters. The Bertz CT molecular complexity index is 597. The second-order valence-corrected chi connectivity index (χ2v) is 6.49. The fraction of sp³-hybridized carbons (Fsp3) is 0.500. The van der Waals surface area contributed by atoms with E-state index in [1.807, 2.05) is 6.92 Å². The molecular formula is C14H21NO5S. The van der Waals surface area contributed by atoms with Crippen LogP contribution in [0.2, 0.25) is 0 Å². The van der Waals surface area contributed by atoms with Gasteiger partial charge in [0.2, 0.25) is 10.0 Å². The molecule has 6 nitrogen and oxygen atoms in total. The molecule has 1 rings (SSSR count). The topological polar surface area (TPSA) is 94.9 Å². The number of carboxylic acid groups (broad SMARTS) is 1. The number of carbonyl (C=O) groups is 1. The smallest absolute Gasteiger partial charge is 0.336 e. The van der Waals surface area contributed by atoms with E-state index in [0.717, 1.165) is 0 Å². The van der Waals surface area contributed by atoms with Gasteiger partial charge in [0, 0.05) is 19.7 Å². The highest BCUT2D eigenvalue weighted by Gasteiger charge is 2.24. The Hall–Kier alpha value is -1.44. The number of aryl methyl sites for hydroxylation is 1. The van der Waals surface area contributed by atoms with Crippen molar-refractivity contribution in [3.63, 3.8) is 0 Å². The largest absolute Gasteiger partial charge is 0.478 e. The standard InChI is InChI=1S/C14H21NO5S/c1-3-11-6-7-12(10-13(11)14(17)18)21(19,20)15(4-2)8-5-9-16/h6-7,10,16H,3-5,8-9H2,1-2H3,(H,17,18). The second-order valence-electron chi connectivity index (χ2n) is 4.55. The minimum atomic E-state index is -3.75. The summed E-state index contributed by atoms with van der Waals surface area (Å²) in [5, 5.41) is 18.0. The summed E-state index contributed by atoms with van der Waals surface area (Å²) < 4.78 is 26.2. The van der Waals surface area contributed by atoms with Crippen LogP contribution in [0.3, 0.4) is 0 Å². The van der Waals surface area contributed by atoms with E-state index in [0.29, 0.717) is 18.4 Å². The molecule has 0 fully saturated rings. The maximum atomic E-state index is 12.5. The third-order valence-electron chi connectivity index (χ3n) is 3.25. The first-order chi connectivity index (χ1) is 9.88. The van der Waals surface area contributed by atoms with Gasteiger partial charge in [-0.15, -0.1) is 0 Å². The lowest BCUT2D eigenvalue weighted by molar-refractivity contribution is 0.0695. The average molecular weight is 315 g/mol. The van der Waals surface area contributed by atoms with Crippen molar-refractivity contribution in [2.24, 2.45) is 0 Å². The summed E-state index contributed by atoms with van der Waals surface area (Å²) in [6.45, 7) is 3.89. The molecule has 0 aliphatic heterocycles. The molecule has 2 N–H and O–H groups in total. The first-order valence-electron chi connectivity index (χ1n) is 6.85. The van der Waals surface area contributed by atoms with Crippen LogP contribution >= 0.6 is 0 Å². The van der Waals surface area contributed by atoms with Gasteiger partial charge < -0.3 is 10.2 Å². The predicted molar refractivity (Wildman–Crippen MR) is 78.9 cm³/mol. The quantitative estimate of drug-likeness (QED) is 0.755. The monoisotopic (exact) mass is 315 g/mol. The summed E-state index contributed by atoms with van der Waals surface area (Å²) in [5.74, 6) is -1.14. The van der Waals surface area contributed by atoms with Gasteiger partial charge in [0.1, 0.15) is 0 Å². The highest BCUT2D eigenvalue weighted by molar-refractivity contribution is 7.89. The lowest BCUT2D eigenvalue weighted by atomic mass is 10.1. The number of aliphatic hydroxyl groups is 1. The second kappa shape index (κ2) is 7.53. The first-order valence-corrected chi connectivity index (χ1v) is 8.29. The number of rotatable bonds is 8. The predicted octanol–water partition coefficient (Wildman–Crippen LogP) is 1.34.